The van der Waals surface area contributed by atoms with Gasteiger partial charge in [-0.2, -0.15) is 17.6 Å². The van der Waals surface area contributed by atoms with Crippen molar-refractivity contribution in [3.8, 4) is 11.5 Å². The van der Waals surface area contributed by atoms with Crippen molar-refractivity contribution in [2.24, 2.45) is 0 Å². The number of rotatable bonds is 1. The van der Waals surface area contributed by atoms with Gasteiger partial charge in [0.2, 0.25) is 5.89 Å². The molecule has 0 saturated heterocycles. The Hall–Kier alpha value is -1.63. The van der Waals surface area contributed by atoms with Crippen LogP contribution in [-0.4, -0.2) is 9.97 Å². The number of pyridine rings is 1. The number of nitrogens with zero attached hydrogens (tertiary/aromatic N) is 2. The van der Waals surface area contributed by atoms with Gasteiger partial charge < -0.3 is 4.42 Å². The molecule has 0 unspecified atom stereocenters. The Kier molecular flexibility index (Phi) is 3.02. The van der Waals surface area contributed by atoms with Crippen molar-refractivity contribution < 1.29 is 22.0 Å². The molecule has 0 spiro atoms. The summed E-state index contributed by atoms with van der Waals surface area (Å²) < 4.78 is 55.7. The first kappa shape index (κ1) is 12.8. The highest BCUT2D eigenvalue weighted by molar-refractivity contribution is 6.29. The zero-order valence-corrected chi connectivity index (χ0v) is 9.60. The number of oxazole rings is 1. The maximum atomic E-state index is 13.0. The second kappa shape index (κ2) is 4.24. The summed E-state index contributed by atoms with van der Waals surface area (Å²) in [5, 5.41) is -0.172. The summed E-state index contributed by atoms with van der Waals surface area (Å²) in [4.78, 5) is 6.91. The Morgan fingerprint density at radius 1 is 1.33 bits per heavy atom. The standard InChI is InChI=1S/C10H5ClF4N2O/c1-4-8(12)18-9(17-4)5-2-7(11)16-3-6(5)10(13,14)15/h2-3H,1H3. The maximum absolute atomic E-state index is 13.0. The molecule has 2 aromatic heterocycles. The Bertz CT molecular complexity index is 575. The summed E-state index contributed by atoms with van der Waals surface area (Å²) in [7, 11) is 0. The largest absolute Gasteiger partial charge is 0.418 e. The van der Waals surface area contributed by atoms with E-state index in [-0.39, 0.29) is 10.8 Å². The lowest BCUT2D eigenvalue weighted by atomic mass is 10.1. The van der Waals surface area contributed by atoms with Gasteiger partial charge in [-0.15, -0.1) is 0 Å². The molecule has 0 N–H and O–H groups in total. The Labute approximate surface area is 103 Å². The average molecular weight is 281 g/mol. The molecule has 0 aromatic carbocycles. The third-order valence-electron chi connectivity index (χ3n) is 2.15. The Balaban J connectivity index is 2.65. The van der Waals surface area contributed by atoms with E-state index in [2.05, 4.69) is 14.4 Å². The van der Waals surface area contributed by atoms with Crippen molar-refractivity contribution in [3.05, 3.63) is 34.7 Å². The van der Waals surface area contributed by atoms with Crippen LogP contribution in [0.1, 0.15) is 11.3 Å². The first-order chi connectivity index (χ1) is 8.29. The minimum atomic E-state index is -4.66. The molecule has 0 fully saturated rings. The molecule has 96 valence electrons. The lowest BCUT2D eigenvalue weighted by Gasteiger charge is -2.09. The van der Waals surface area contributed by atoms with Crippen LogP contribution in [0.4, 0.5) is 17.6 Å². The molecule has 0 radical (unpaired) electrons. The van der Waals surface area contributed by atoms with Crippen LogP contribution in [0.15, 0.2) is 16.7 Å². The van der Waals surface area contributed by atoms with Crippen LogP contribution in [0.5, 0.6) is 0 Å². The van der Waals surface area contributed by atoms with E-state index in [4.69, 9.17) is 11.6 Å². The molecule has 2 aromatic rings. The summed E-state index contributed by atoms with van der Waals surface area (Å²) >= 11 is 5.52. The van der Waals surface area contributed by atoms with Crippen LogP contribution in [0.3, 0.4) is 0 Å². The zero-order valence-electron chi connectivity index (χ0n) is 8.85. The third-order valence-corrected chi connectivity index (χ3v) is 2.35. The smallest absolute Gasteiger partial charge is 0.411 e. The Morgan fingerprint density at radius 3 is 2.50 bits per heavy atom. The van der Waals surface area contributed by atoms with Crippen LogP contribution in [0, 0.1) is 12.9 Å². The van der Waals surface area contributed by atoms with Crippen LogP contribution in [-0.2, 0) is 6.18 Å². The topological polar surface area (TPSA) is 38.9 Å². The molecule has 0 aliphatic rings. The van der Waals surface area contributed by atoms with Gasteiger partial charge in [-0.1, -0.05) is 11.6 Å². The van der Waals surface area contributed by atoms with Crippen molar-refractivity contribution in [2.75, 3.05) is 0 Å². The second-order valence-corrected chi connectivity index (χ2v) is 3.82. The van der Waals surface area contributed by atoms with Crippen molar-refractivity contribution in [3.63, 3.8) is 0 Å². The molecule has 0 atom stereocenters. The van der Waals surface area contributed by atoms with Crippen molar-refractivity contribution in [1.29, 1.82) is 0 Å². The van der Waals surface area contributed by atoms with Crippen LogP contribution < -0.4 is 0 Å². The van der Waals surface area contributed by atoms with Crippen LogP contribution >= 0.6 is 11.6 Å². The van der Waals surface area contributed by atoms with E-state index in [1.807, 2.05) is 0 Å². The summed E-state index contributed by atoms with van der Waals surface area (Å²) in [5.74, 6) is -0.485. The predicted octanol–water partition coefficient (Wildman–Crippen LogP) is 3.86. The maximum Gasteiger partial charge on any atom is 0.418 e. The molecule has 0 saturated carbocycles. The van der Waals surface area contributed by atoms with Crippen LogP contribution in [0.25, 0.3) is 11.5 Å². The highest BCUT2D eigenvalue weighted by Crippen LogP contribution is 2.37. The first-order valence-corrected chi connectivity index (χ1v) is 5.03. The lowest BCUT2D eigenvalue weighted by Crippen LogP contribution is -2.08. The van der Waals surface area contributed by atoms with Gasteiger partial charge in [0.25, 0.3) is 0 Å². The first-order valence-electron chi connectivity index (χ1n) is 4.65. The molecular formula is C10H5ClF4N2O. The van der Waals surface area contributed by atoms with E-state index in [1.165, 1.54) is 6.92 Å². The van der Waals surface area contributed by atoms with E-state index in [0.29, 0.717) is 6.20 Å². The fraction of sp³-hybridized carbons (Fsp3) is 0.200. The zero-order chi connectivity index (χ0) is 13.5. The normalized spacial score (nSPS) is 11.9. The SMILES string of the molecule is Cc1nc(-c2cc(Cl)ncc2C(F)(F)F)oc1F. The molecule has 0 amide bonds. The molecule has 2 rings (SSSR count). The van der Waals surface area contributed by atoms with E-state index >= 15 is 0 Å². The Morgan fingerprint density at radius 2 is 2.00 bits per heavy atom. The summed E-state index contributed by atoms with van der Waals surface area (Å²) in [6.45, 7) is 1.28. The van der Waals surface area contributed by atoms with Crippen LogP contribution in [0.2, 0.25) is 5.15 Å². The van der Waals surface area contributed by atoms with Gasteiger partial charge in [0.05, 0.1) is 11.1 Å². The van der Waals surface area contributed by atoms with Crippen molar-refractivity contribution in [1.82, 2.24) is 9.97 Å². The molecule has 0 aliphatic heterocycles. The molecule has 0 bridgehead atoms. The highest BCUT2D eigenvalue weighted by Gasteiger charge is 2.36. The lowest BCUT2D eigenvalue weighted by molar-refractivity contribution is -0.137. The molecule has 3 nitrogen and oxygen atoms in total. The minimum absolute atomic E-state index is 0.133. The number of aromatic nitrogens is 2. The van der Waals surface area contributed by atoms with Gasteiger partial charge in [0.15, 0.2) is 0 Å². The molecule has 2 heterocycles. The summed E-state index contributed by atoms with van der Waals surface area (Å²) in [6, 6.07) is -0.110. The molecule has 18 heavy (non-hydrogen) atoms. The number of hydrogen-bond donors (Lipinski definition) is 0. The van der Waals surface area contributed by atoms with Gasteiger partial charge >= 0.3 is 12.2 Å². The second-order valence-electron chi connectivity index (χ2n) is 3.43. The van der Waals surface area contributed by atoms with Gasteiger partial charge in [-0.3, -0.25) is 0 Å². The van der Waals surface area contributed by atoms with Gasteiger partial charge in [-0.25, -0.2) is 9.97 Å². The monoisotopic (exact) mass is 280 g/mol. The fourth-order valence-electron chi connectivity index (χ4n) is 1.33. The minimum Gasteiger partial charge on any atom is -0.411 e. The van der Waals surface area contributed by atoms with Gasteiger partial charge in [0, 0.05) is 6.20 Å². The number of hydrogen-bond acceptors (Lipinski definition) is 3. The molecular weight excluding hydrogens is 276 g/mol. The highest BCUT2D eigenvalue weighted by atomic mass is 35.5. The van der Waals surface area contributed by atoms with E-state index in [0.717, 1.165) is 6.07 Å². The van der Waals surface area contributed by atoms with E-state index < -0.39 is 29.2 Å². The van der Waals surface area contributed by atoms with E-state index in [9.17, 15) is 17.6 Å². The fourth-order valence-corrected chi connectivity index (χ4v) is 1.48. The number of halogens is 5. The van der Waals surface area contributed by atoms with Gasteiger partial charge in [-0.05, 0) is 13.0 Å². The van der Waals surface area contributed by atoms with Gasteiger partial charge in [0.1, 0.15) is 10.8 Å². The van der Waals surface area contributed by atoms with Crippen molar-refractivity contribution >= 4 is 11.6 Å². The number of alkyl halides is 3. The summed E-state index contributed by atoms with van der Waals surface area (Å²) in [5.41, 5.74) is -1.67. The third kappa shape index (κ3) is 2.31. The number of aryl methyl sites for hydroxylation is 1. The molecule has 0 aliphatic carbocycles. The molecule has 8 heteroatoms. The quantitative estimate of drug-likeness (QED) is 0.588. The van der Waals surface area contributed by atoms with E-state index in [1.54, 1.807) is 0 Å². The van der Waals surface area contributed by atoms with Crippen molar-refractivity contribution in [2.45, 2.75) is 13.1 Å². The average Bonchev–Trinajstić information content (AvgIpc) is 2.57. The summed E-state index contributed by atoms with van der Waals surface area (Å²) in [6.07, 6.45) is -4.11. The predicted molar refractivity (Wildman–Crippen MR) is 54.4 cm³/mol.